The molecule has 0 fully saturated rings. The second-order valence-electron chi connectivity index (χ2n) is 3.72. The summed E-state index contributed by atoms with van der Waals surface area (Å²) in [6.07, 6.45) is 1.71. The summed E-state index contributed by atoms with van der Waals surface area (Å²) < 4.78 is 14.4. The van der Waals surface area contributed by atoms with E-state index in [1.54, 1.807) is 6.26 Å². The Morgan fingerprint density at radius 1 is 1.53 bits per heavy atom. The molecule has 1 heterocycles. The van der Waals surface area contributed by atoms with Crippen LogP contribution in [0.1, 0.15) is 5.82 Å². The topological polar surface area (TPSA) is 34.9 Å². The molecule has 2 rings (SSSR count). The molecule has 0 saturated heterocycles. The van der Waals surface area contributed by atoms with Crippen molar-refractivity contribution in [2.45, 2.75) is 12.4 Å². The molecule has 1 aromatic carbocycles. The smallest absolute Gasteiger partial charge is 0.124 e. The Bertz CT molecular complexity index is 570. The number of imidazole rings is 1. The summed E-state index contributed by atoms with van der Waals surface area (Å²) in [5.41, 5.74) is 2.01. The first-order valence-electron chi connectivity index (χ1n) is 5.12. The lowest BCUT2D eigenvalue weighted by atomic mass is 10.3. The molecular formula is C11H12ClIN2OS. The van der Waals surface area contributed by atoms with E-state index in [-0.39, 0.29) is 0 Å². The van der Waals surface area contributed by atoms with Gasteiger partial charge in [-0.05, 0) is 40.8 Å². The van der Waals surface area contributed by atoms with Crippen LogP contribution in [0.15, 0.2) is 18.2 Å². The van der Waals surface area contributed by atoms with Crippen LogP contribution in [0, 0.1) is 3.57 Å². The molecular weight excluding hydrogens is 371 g/mol. The standard InChI is InChI=1S/C11H12ClIN2OS/c1-17(16)5-4-15-10-3-2-8(13)6-9(10)14-11(15)7-12/h2-3,6H,4-5,7H2,1H3. The van der Waals surface area contributed by atoms with Gasteiger partial charge in [0, 0.05) is 32.9 Å². The number of benzene rings is 1. The normalized spacial score (nSPS) is 13.1. The largest absolute Gasteiger partial charge is 0.326 e. The van der Waals surface area contributed by atoms with Crippen LogP contribution >= 0.6 is 34.2 Å². The van der Waals surface area contributed by atoms with Crippen LogP contribution < -0.4 is 0 Å². The van der Waals surface area contributed by atoms with E-state index >= 15 is 0 Å². The average molecular weight is 383 g/mol. The molecule has 0 bridgehead atoms. The third-order valence-corrected chi connectivity index (χ3v) is 4.18. The molecule has 0 aliphatic carbocycles. The van der Waals surface area contributed by atoms with Gasteiger partial charge in [0.05, 0.1) is 16.9 Å². The zero-order chi connectivity index (χ0) is 12.4. The minimum atomic E-state index is -0.801. The van der Waals surface area contributed by atoms with Gasteiger partial charge in [0.15, 0.2) is 0 Å². The van der Waals surface area contributed by atoms with E-state index in [0.717, 1.165) is 20.4 Å². The molecule has 0 aliphatic rings. The van der Waals surface area contributed by atoms with Crippen LogP contribution in [-0.2, 0) is 23.2 Å². The molecule has 0 N–H and O–H groups in total. The summed E-state index contributed by atoms with van der Waals surface area (Å²) >= 11 is 8.16. The minimum Gasteiger partial charge on any atom is -0.326 e. The monoisotopic (exact) mass is 382 g/mol. The van der Waals surface area contributed by atoms with Gasteiger partial charge in [0.1, 0.15) is 5.82 Å². The number of aromatic nitrogens is 2. The fraction of sp³-hybridized carbons (Fsp3) is 0.364. The van der Waals surface area contributed by atoms with E-state index < -0.39 is 10.8 Å². The van der Waals surface area contributed by atoms with E-state index in [1.807, 2.05) is 18.2 Å². The Kier molecular flexibility index (Phi) is 4.43. The molecule has 3 nitrogen and oxygen atoms in total. The highest BCUT2D eigenvalue weighted by atomic mass is 127. The number of fused-ring (bicyclic) bond motifs is 1. The highest BCUT2D eigenvalue weighted by Gasteiger charge is 2.10. The molecule has 0 spiro atoms. The number of aryl methyl sites for hydroxylation is 1. The van der Waals surface area contributed by atoms with Crippen molar-refractivity contribution in [2.75, 3.05) is 12.0 Å². The van der Waals surface area contributed by atoms with Gasteiger partial charge in [-0.15, -0.1) is 11.6 Å². The van der Waals surface area contributed by atoms with Gasteiger partial charge in [-0.3, -0.25) is 4.21 Å². The number of nitrogens with zero attached hydrogens (tertiary/aromatic N) is 2. The molecule has 2 aromatic rings. The van der Waals surface area contributed by atoms with Crippen molar-refractivity contribution in [3.63, 3.8) is 0 Å². The lowest BCUT2D eigenvalue weighted by molar-refractivity contribution is 0.676. The van der Waals surface area contributed by atoms with E-state index in [4.69, 9.17) is 11.6 Å². The Morgan fingerprint density at radius 2 is 2.29 bits per heavy atom. The lowest BCUT2D eigenvalue weighted by Gasteiger charge is -2.06. The summed E-state index contributed by atoms with van der Waals surface area (Å²) in [5.74, 6) is 1.84. The van der Waals surface area contributed by atoms with Gasteiger partial charge in [0.25, 0.3) is 0 Å². The first-order valence-corrected chi connectivity index (χ1v) is 8.46. The highest BCUT2D eigenvalue weighted by Crippen LogP contribution is 2.20. The summed E-state index contributed by atoms with van der Waals surface area (Å²) in [5, 5.41) is 0. The van der Waals surface area contributed by atoms with Crippen molar-refractivity contribution in [2.24, 2.45) is 0 Å². The third-order valence-electron chi connectivity index (χ3n) is 2.51. The number of alkyl halides is 1. The second kappa shape index (κ2) is 5.67. The predicted octanol–water partition coefficient (Wildman–Crippen LogP) is 2.76. The first kappa shape index (κ1) is 13.3. The van der Waals surface area contributed by atoms with Crippen molar-refractivity contribution in [1.29, 1.82) is 0 Å². The Labute approximate surface area is 121 Å². The first-order chi connectivity index (χ1) is 8.11. The van der Waals surface area contributed by atoms with Crippen LogP contribution in [-0.4, -0.2) is 25.8 Å². The second-order valence-corrected chi connectivity index (χ2v) is 6.79. The zero-order valence-corrected chi connectivity index (χ0v) is 13.1. The Hall–Kier alpha value is -0.140. The van der Waals surface area contributed by atoms with E-state index in [1.165, 1.54) is 0 Å². The molecule has 17 heavy (non-hydrogen) atoms. The van der Waals surface area contributed by atoms with E-state index in [2.05, 4.69) is 32.1 Å². The minimum absolute atomic E-state index is 0.377. The van der Waals surface area contributed by atoms with Crippen LogP contribution in [0.3, 0.4) is 0 Å². The number of halogens is 2. The van der Waals surface area contributed by atoms with Gasteiger partial charge >= 0.3 is 0 Å². The van der Waals surface area contributed by atoms with E-state index in [0.29, 0.717) is 18.2 Å². The van der Waals surface area contributed by atoms with Crippen LogP contribution in [0.2, 0.25) is 0 Å². The van der Waals surface area contributed by atoms with Gasteiger partial charge in [-0.1, -0.05) is 0 Å². The van der Waals surface area contributed by atoms with E-state index in [9.17, 15) is 4.21 Å². The third kappa shape index (κ3) is 3.00. The molecule has 0 radical (unpaired) electrons. The number of hydrogen-bond donors (Lipinski definition) is 0. The molecule has 0 aliphatic heterocycles. The molecule has 6 heteroatoms. The van der Waals surface area contributed by atoms with Gasteiger partial charge < -0.3 is 4.57 Å². The molecule has 1 aromatic heterocycles. The van der Waals surface area contributed by atoms with Crippen molar-refractivity contribution in [3.8, 4) is 0 Å². The van der Waals surface area contributed by atoms with Crippen molar-refractivity contribution < 1.29 is 4.21 Å². The fourth-order valence-corrected chi connectivity index (χ4v) is 2.84. The molecule has 92 valence electrons. The van der Waals surface area contributed by atoms with Crippen LogP contribution in [0.4, 0.5) is 0 Å². The van der Waals surface area contributed by atoms with Crippen molar-refractivity contribution >= 4 is 56.0 Å². The summed E-state index contributed by atoms with van der Waals surface area (Å²) in [6, 6.07) is 6.12. The van der Waals surface area contributed by atoms with Crippen LogP contribution in [0.25, 0.3) is 11.0 Å². The maximum Gasteiger partial charge on any atom is 0.124 e. The van der Waals surface area contributed by atoms with Gasteiger partial charge in [0.2, 0.25) is 0 Å². The molecule has 1 unspecified atom stereocenters. The zero-order valence-electron chi connectivity index (χ0n) is 9.32. The predicted molar refractivity (Wildman–Crippen MR) is 80.9 cm³/mol. The fourth-order valence-electron chi connectivity index (χ4n) is 1.72. The quantitative estimate of drug-likeness (QED) is 0.602. The average Bonchev–Trinajstić information content (AvgIpc) is 2.63. The number of hydrogen-bond acceptors (Lipinski definition) is 2. The summed E-state index contributed by atoms with van der Waals surface area (Å²) in [4.78, 5) is 4.50. The Morgan fingerprint density at radius 3 is 2.94 bits per heavy atom. The van der Waals surface area contributed by atoms with Crippen molar-refractivity contribution in [1.82, 2.24) is 9.55 Å². The molecule has 0 amide bonds. The SMILES string of the molecule is CS(=O)CCn1c(CCl)nc2cc(I)ccc21. The number of rotatable bonds is 4. The van der Waals surface area contributed by atoms with Gasteiger partial charge in [-0.25, -0.2) is 4.98 Å². The van der Waals surface area contributed by atoms with Crippen LogP contribution in [0.5, 0.6) is 0 Å². The maximum atomic E-state index is 11.2. The summed E-state index contributed by atoms with van der Waals surface area (Å²) in [7, 11) is -0.801. The molecule has 0 saturated carbocycles. The molecule has 1 atom stereocenters. The van der Waals surface area contributed by atoms with Crippen molar-refractivity contribution in [3.05, 3.63) is 27.6 Å². The highest BCUT2D eigenvalue weighted by molar-refractivity contribution is 14.1. The Balaban J connectivity index is 2.47. The van der Waals surface area contributed by atoms with Gasteiger partial charge in [-0.2, -0.15) is 0 Å². The summed E-state index contributed by atoms with van der Waals surface area (Å²) in [6.45, 7) is 0.697. The lowest BCUT2D eigenvalue weighted by Crippen LogP contribution is -2.09. The maximum absolute atomic E-state index is 11.2.